The molecule has 4 rings (SSSR count). The molecule has 0 saturated carbocycles. The molecule has 15 heteroatoms. The molecule has 0 atom stereocenters. The van der Waals surface area contributed by atoms with Gasteiger partial charge in [0.1, 0.15) is 5.75 Å². The van der Waals surface area contributed by atoms with Gasteiger partial charge >= 0.3 is 36.7 Å². The van der Waals surface area contributed by atoms with Crippen LogP contribution in [0.15, 0.2) is 72.8 Å². The molecule has 1 heterocycles. The van der Waals surface area contributed by atoms with Gasteiger partial charge in [0.25, 0.3) is 0 Å². The first-order valence-electron chi connectivity index (χ1n) is 9.60. The fourth-order valence-corrected chi connectivity index (χ4v) is 7.21. The highest BCUT2D eigenvalue weighted by atomic mass is 32.2. The molecule has 0 fully saturated rings. The Kier molecular flexibility index (Phi) is 6.06. The summed E-state index contributed by atoms with van der Waals surface area (Å²) in [5.41, 5.74) is 0. The Hall–Kier alpha value is -2.88. The lowest BCUT2D eigenvalue weighted by molar-refractivity contribution is -0.247. The van der Waals surface area contributed by atoms with Gasteiger partial charge in [-0.3, -0.25) is 4.55 Å². The van der Waals surface area contributed by atoms with Gasteiger partial charge in [-0.2, -0.15) is 43.2 Å². The summed E-state index contributed by atoms with van der Waals surface area (Å²) in [6.07, 6.45) is 0. The Morgan fingerprint density at radius 3 is 1.56 bits per heavy atom. The fraction of sp³-hybridized carbons (Fsp3) is 0.143. The van der Waals surface area contributed by atoms with Crippen LogP contribution in [0.3, 0.4) is 0 Å². The summed E-state index contributed by atoms with van der Waals surface area (Å²) in [7, 11) is -14.7. The first kappa shape index (κ1) is 26.2. The molecule has 0 radical (unpaired) electrons. The van der Waals surface area contributed by atoms with Crippen molar-refractivity contribution in [1.29, 1.82) is 0 Å². The lowest BCUT2D eigenvalue weighted by Crippen LogP contribution is -2.61. The molecule has 0 aliphatic rings. The Balaban J connectivity index is 1.71. The van der Waals surface area contributed by atoms with Gasteiger partial charge in [-0.15, -0.1) is 0 Å². The van der Waals surface area contributed by atoms with Gasteiger partial charge in [0, 0.05) is 33.4 Å². The van der Waals surface area contributed by atoms with E-state index in [4.69, 9.17) is 4.55 Å². The molecule has 192 valence electrons. The maximum atomic E-state index is 14.0. The Morgan fingerprint density at radius 1 is 0.667 bits per heavy atom. The van der Waals surface area contributed by atoms with Gasteiger partial charge in [0.15, 0.2) is 14.3 Å². The van der Waals surface area contributed by atoms with E-state index in [-0.39, 0.29) is 0 Å². The number of rotatable bonds is 7. The Labute approximate surface area is 202 Å². The largest absolute Gasteiger partial charge is 0.450 e. The number of fused-ring (bicyclic) bond motifs is 3. The molecule has 4 aromatic rings. The molecular formula is C21H13F6O6S3+. The molecule has 6 nitrogen and oxygen atoms in total. The molecule has 0 spiro atoms. The summed E-state index contributed by atoms with van der Waals surface area (Å²) in [4.78, 5) is 0.576. The third-order valence-electron chi connectivity index (χ3n) is 5.14. The smallest absolute Gasteiger partial charge is 0.378 e. The summed E-state index contributed by atoms with van der Waals surface area (Å²) in [5.74, 6) is -8.00. The van der Waals surface area contributed by atoms with E-state index in [0.29, 0.717) is 4.90 Å². The highest BCUT2D eigenvalue weighted by Gasteiger charge is 2.83. The van der Waals surface area contributed by atoms with E-state index in [2.05, 4.69) is 4.18 Å². The third kappa shape index (κ3) is 3.81. The molecule has 0 amide bonds. The summed E-state index contributed by atoms with van der Waals surface area (Å²) in [5, 5.41) is -11.7. The molecule has 1 aromatic heterocycles. The van der Waals surface area contributed by atoms with Crippen molar-refractivity contribution in [2.45, 2.75) is 16.4 Å². The second kappa shape index (κ2) is 8.33. The molecule has 0 aliphatic heterocycles. The van der Waals surface area contributed by atoms with E-state index >= 15 is 0 Å². The zero-order valence-electron chi connectivity index (χ0n) is 17.4. The second-order valence-electron chi connectivity index (χ2n) is 7.39. The van der Waals surface area contributed by atoms with E-state index in [1.54, 1.807) is 12.1 Å². The van der Waals surface area contributed by atoms with Crippen LogP contribution in [-0.4, -0.2) is 37.8 Å². The van der Waals surface area contributed by atoms with Crippen molar-refractivity contribution in [1.82, 2.24) is 0 Å². The fourth-order valence-electron chi connectivity index (χ4n) is 3.41. The van der Waals surface area contributed by atoms with Crippen molar-refractivity contribution in [3.8, 4) is 10.6 Å². The van der Waals surface area contributed by atoms with Crippen molar-refractivity contribution in [2.24, 2.45) is 0 Å². The van der Waals surface area contributed by atoms with Gasteiger partial charge in [-0.25, -0.2) is 0 Å². The molecule has 3 aromatic carbocycles. The standard InChI is InChI=1S/C21H12F6O6S3/c22-19(23,20(24,25)35(28,29)30)21(26,27)36(31,32)33-13-9-11-14(12-10-13)34-17-7-3-1-5-15(17)16-6-2-4-8-18(16)34/h1-12H/p+1. The van der Waals surface area contributed by atoms with Crippen LogP contribution in [0.2, 0.25) is 0 Å². The molecule has 0 bridgehead atoms. The minimum absolute atomic E-state index is 0.576. The van der Waals surface area contributed by atoms with E-state index in [9.17, 15) is 43.2 Å². The summed E-state index contributed by atoms with van der Waals surface area (Å²) in [6.45, 7) is 0. The first-order chi connectivity index (χ1) is 16.5. The van der Waals surface area contributed by atoms with Crippen molar-refractivity contribution in [3.63, 3.8) is 0 Å². The van der Waals surface area contributed by atoms with Crippen molar-refractivity contribution in [2.75, 3.05) is 0 Å². The normalized spacial score (nSPS) is 13.9. The number of hydrogen-bond acceptors (Lipinski definition) is 5. The number of halogens is 6. The SMILES string of the molecule is O=S(=O)(O)C(F)(F)C(F)(F)C(F)(F)S(=O)(=O)Oc1ccc(-[s+]2c3ccccc3c3ccccc32)cc1. The van der Waals surface area contributed by atoms with Crippen LogP contribution in [0.5, 0.6) is 5.75 Å². The van der Waals surface area contributed by atoms with E-state index in [1.165, 1.54) is 12.1 Å². The molecule has 36 heavy (non-hydrogen) atoms. The quantitative estimate of drug-likeness (QED) is 0.124. The summed E-state index contributed by atoms with van der Waals surface area (Å²) < 4.78 is 141. The highest BCUT2D eigenvalue weighted by molar-refractivity contribution is 7.88. The van der Waals surface area contributed by atoms with Crippen LogP contribution < -0.4 is 4.18 Å². The Bertz CT molecular complexity index is 1630. The van der Waals surface area contributed by atoms with E-state index < -0.39 is 52.9 Å². The third-order valence-corrected chi connectivity index (χ3v) is 9.67. The lowest BCUT2D eigenvalue weighted by atomic mass is 10.2. The minimum atomic E-state index is -7.12. The molecule has 0 unspecified atom stereocenters. The topological polar surface area (TPSA) is 97.7 Å². The van der Waals surface area contributed by atoms with Crippen LogP contribution in [0.1, 0.15) is 0 Å². The number of alkyl halides is 6. The minimum Gasteiger partial charge on any atom is -0.378 e. The van der Waals surface area contributed by atoms with Gasteiger partial charge in [-0.05, 0) is 36.4 Å². The van der Waals surface area contributed by atoms with E-state index in [1.807, 2.05) is 36.4 Å². The van der Waals surface area contributed by atoms with Crippen LogP contribution in [0.25, 0.3) is 25.1 Å². The summed E-state index contributed by atoms with van der Waals surface area (Å²) in [6, 6.07) is 19.1. The van der Waals surface area contributed by atoms with Gasteiger partial charge in [-0.1, -0.05) is 24.3 Å². The maximum Gasteiger partial charge on any atom is 0.450 e. The lowest BCUT2D eigenvalue weighted by Gasteiger charge is -2.29. The van der Waals surface area contributed by atoms with Crippen LogP contribution in [0, 0.1) is 0 Å². The first-order valence-corrected chi connectivity index (χ1v) is 13.7. The van der Waals surface area contributed by atoms with Crippen molar-refractivity contribution >= 4 is 50.9 Å². The van der Waals surface area contributed by atoms with Crippen molar-refractivity contribution < 1.29 is 51.9 Å². The maximum absolute atomic E-state index is 14.0. The Morgan fingerprint density at radius 2 is 1.11 bits per heavy atom. The summed E-state index contributed by atoms with van der Waals surface area (Å²) >= 11 is 0. The second-order valence-corrected chi connectivity index (χ2v) is 12.4. The van der Waals surface area contributed by atoms with Crippen LogP contribution >= 0.6 is 10.5 Å². The average molecular weight is 572 g/mol. The molecule has 0 saturated heterocycles. The predicted molar refractivity (Wildman–Crippen MR) is 121 cm³/mol. The highest BCUT2D eigenvalue weighted by Crippen LogP contribution is 2.51. The van der Waals surface area contributed by atoms with Crippen LogP contribution in [-0.2, 0) is 20.2 Å². The zero-order chi connectivity index (χ0) is 26.7. The van der Waals surface area contributed by atoms with Gasteiger partial charge in [0.2, 0.25) is 0 Å². The zero-order valence-corrected chi connectivity index (χ0v) is 19.9. The monoisotopic (exact) mass is 571 g/mol. The van der Waals surface area contributed by atoms with Gasteiger partial charge < -0.3 is 4.18 Å². The molecule has 1 N–H and O–H groups in total. The average Bonchev–Trinajstić information content (AvgIpc) is 3.13. The molecular weight excluding hydrogens is 558 g/mol. The predicted octanol–water partition coefficient (Wildman–Crippen LogP) is 6.15. The van der Waals surface area contributed by atoms with Gasteiger partial charge in [0.05, 0.1) is 0 Å². The number of thiophene rings is 1. The number of hydrogen-bond donors (Lipinski definition) is 1. The number of benzene rings is 3. The van der Waals surface area contributed by atoms with Crippen LogP contribution in [0.4, 0.5) is 26.3 Å². The van der Waals surface area contributed by atoms with Crippen molar-refractivity contribution in [3.05, 3.63) is 72.8 Å². The van der Waals surface area contributed by atoms with E-state index in [0.717, 1.165) is 32.3 Å². The molecule has 0 aliphatic carbocycles.